The number of nitrogens with zero attached hydrogens (tertiary/aromatic N) is 4. The Morgan fingerprint density at radius 1 is 1.29 bits per heavy atom. The lowest BCUT2D eigenvalue weighted by Gasteiger charge is -2.32. The topological polar surface area (TPSA) is 74.8 Å². The van der Waals surface area contributed by atoms with Crippen molar-refractivity contribution in [3.8, 4) is 11.5 Å². The average Bonchev–Trinajstić information content (AvgIpc) is 3.24. The SMILES string of the molecule is Cc1nc(-c2ncc[nH]2)cc(C2CCCN(C(=O)Cc3ccc(F)cc3)C2)n1. The van der Waals surface area contributed by atoms with E-state index in [1.165, 1.54) is 12.1 Å². The molecular formula is C21H22FN5O. The molecule has 1 unspecified atom stereocenters. The summed E-state index contributed by atoms with van der Waals surface area (Å²) in [6.07, 6.45) is 5.66. The molecule has 6 nitrogen and oxygen atoms in total. The van der Waals surface area contributed by atoms with Crippen LogP contribution in [0.3, 0.4) is 0 Å². The van der Waals surface area contributed by atoms with Gasteiger partial charge in [0.05, 0.1) is 6.42 Å². The van der Waals surface area contributed by atoms with Crippen LogP contribution in [0, 0.1) is 12.7 Å². The monoisotopic (exact) mass is 379 g/mol. The molecule has 2 aromatic heterocycles. The second kappa shape index (κ2) is 7.88. The Labute approximate surface area is 162 Å². The number of H-pyrrole nitrogens is 1. The first kappa shape index (κ1) is 18.3. The number of likely N-dealkylation sites (tertiary alicyclic amines) is 1. The average molecular weight is 379 g/mol. The van der Waals surface area contributed by atoms with E-state index in [9.17, 15) is 9.18 Å². The van der Waals surface area contributed by atoms with Gasteiger partial charge in [0.2, 0.25) is 5.91 Å². The van der Waals surface area contributed by atoms with E-state index in [0.29, 0.717) is 18.2 Å². The smallest absolute Gasteiger partial charge is 0.227 e. The number of aromatic amines is 1. The van der Waals surface area contributed by atoms with Gasteiger partial charge in [-0.3, -0.25) is 4.79 Å². The number of aromatic nitrogens is 4. The van der Waals surface area contributed by atoms with E-state index in [1.54, 1.807) is 24.5 Å². The summed E-state index contributed by atoms with van der Waals surface area (Å²) < 4.78 is 13.1. The highest BCUT2D eigenvalue weighted by Gasteiger charge is 2.26. The number of carbonyl (C=O) groups is 1. The number of nitrogens with one attached hydrogen (secondary N) is 1. The van der Waals surface area contributed by atoms with Gasteiger partial charge in [-0.15, -0.1) is 0 Å². The molecule has 1 N–H and O–H groups in total. The molecule has 3 heterocycles. The van der Waals surface area contributed by atoms with Crippen LogP contribution in [0.15, 0.2) is 42.7 Å². The van der Waals surface area contributed by atoms with E-state index in [0.717, 1.165) is 36.3 Å². The molecule has 1 aromatic carbocycles. The number of piperidine rings is 1. The Morgan fingerprint density at radius 2 is 2.11 bits per heavy atom. The van der Waals surface area contributed by atoms with E-state index in [-0.39, 0.29) is 24.1 Å². The number of hydrogen-bond acceptors (Lipinski definition) is 4. The zero-order valence-corrected chi connectivity index (χ0v) is 15.7. The van der Waals surface area contributed by atoms with Crippen LogP contribution < -0.4 is 0 Å². The number of benzene rings is 1. The Balaban J connectivity index is 1.49. The number of rotatable bonds is 4. The van der Waals surface area contributed by atoms with Gasteiger partial charge in [0.1, 0.15) is 17.3 Å². The van der Waals surface area contributed by atoms with E-state index in [1.807, 2.05) is 17.9 Å². The van der Waals surface area contributed by atoms with Crippen LogP contribution in [0.2, 0.25) is 0 Å². The minimum absolute atomic E-state index is 0.0633. The van der Waals surface area contributed by atoms with Gasteiger partial charge in [0.15, 0.2) is 5.82 Å². The highest BCUT2D eigenvalue weighted by atomic mass is 19.1. The van der Waals surface area contributed by atoms with Crippen LogP contribution >= 0.6 is 0 Å². The van der Waals surface area contributed by atoms with Crippen molar-refractivity contribution in [2.45, 2.75) is 32.1 Å². The third-order valence-electron chi connectivity index (χ3n) is 5.06. The van der Waals surface area contributed by atoms with Crippen LogP contribution in [0.4, 0.5) is 4.39 Å². The zero-order chi connectivity index (χ0) is 19.5. The van der Waals surface area contributed by atoms with E-state index in [4.69, 9.17) is 0 Å². The van der Waals surface area contributed by atoms with Crippen LogP contribution in [-0.2, 0) is 11.2 Å². The van der Waals surface area contributed by atoms with Crippen molar-refractivity contribution < 1.29 is 9.18 Å². The summed E-state index contributed by atoms with van der Waals surface area (Å²) in [5.74, 6) is 1.35. The third-order valence-corrected chi connectivity index (χ3v) is 5.06. The van der Waals surface area contributed by atoms with Gasteiger partial charge in [0, 0.05) is 37.1 Å². The second-order valence-electron chi connectivity index (χ2n) is 7.15. The maximum Gasteiger partial charge on any atom is 0.227 e. The summed E-state index contributed by atoms with van der Waals surface area (Å²) in [6, 6.07) is 8.07. The predicted molar refractivity (Wildman–Crippen MR) is 103 cm³/mol. The van der Waals surface area contributed by atoms with Gasteiger partial charge in [-0.05, 0) is 43.5 Å². The van der Waals surface area contributed by atoms with Crippen molar-refractivity contribution in [1.29, 1.82) is 0 Å². The first-order valence-electron chi connectivity index (χ1n) is 9.46. The molecule has 0 saturated carbocycles. The molecule has 1 aliphatic rings. The summed E-state index contributed by atoms with van der Waals surface area (Å²) in [5.41, 5.74) is 2.53. The van der Waals surface area contributed by atoms with Gasteiger partial charge in [-0.25, -0.2) is 19.3 Å². The van der Waals surface area contributed by atoms with Crippen molar-refractivity contribution in [2.75, 3.05) is 13.1 Å². The number of halogens is 1. The maximum atomic E-state index is 13.1. The Morgan fingerprint density at radius 3 is 2.86 bits per heavy atom. The molecule has 1 fully saturated rings. The lowest BCUT2D eigenvalue weighted by atomic mass is 9.93. The molecule has 0 bridgehead atoms. The fraction of sp³-hybridized carbons (Fsp3) is 0.333. The Hall–Kier alpha value is -3.09. The van der Waals surface area contributed by atoms with Crippen molar-refractivity contribution in [2.24, 2.45) is 0 Å². The highest BCUT2D eigenvalue weighted by molar-refractivity contribution is 5.79. The van der Waals surface area contributed by atoms with Crippen LogP contribution in [0.25, 0.3) is 11.5 Å². The molecule has 7 heteroatoms. The summed E-state index contributed by atoms with van der Waals surface area (Å²) in [6.45, 7) is 3.25. The molecule has 1 aliphatic heterocycles. The Bertz CT molecular complexity index is 955. The van der Waals surface area contributed by atoms with Crippen molar-refractivity contribution in [3.05, 3.63) is 65.6 Å². The number of imidazole rings is 1. The maximum absolute atomic E-state index is 13.1. The largest absolute Gasteiger partial charge is 0.343 e. The Kier molecular flexibility index (Phi) is 5.14. The first-order valence-corrected chi connectivity index (χ1v) is 9.46. The van der Waals surface area contributed by atoms with Crippen molar-refractivity contribution in [3.63, 3.8) is 0 Å². The quantitative estimate of drug-likeness (QED) is 0.755. The molecule has 144 valence electrons. The van der Waals surface area contributed by atoms with Gasteiger partial charge < -0.3 is 9.88 Å². The standard InChI is InChI=1S/C21H22FN5O/c1-14-25-18(12-19(26-14)21-23-8-9-24-21)16-3-2-10-27(13-16)20(28)11-15-4-6-17(22)7-5-15/h4-9,12,16H,2-3,10-11,13H2,1H3,(H,23,24). The minimum Gasteiger partial charge on any atom is -0.343 e. The molecule has 4 rings (SSSR count). The van der Waals surface area contributed by atoms with Gasteiger partial charge in [-0.2, -0.15) is 0 Å². The van der Waals surface area contributed by atoms with Crippen LogP contribution in [0.1, 0.15) is 35.8 Å². The number of amides is 1. The fourth-order valence-corrected chi connectivity index (χ4v) is 3.66. The minimum atomic E-state index is -0.291. The second-order valence-corrected chi connectivity index (χ2v) is 7.15. The number of hydrogen-bond donors (Lipinski definition) is 1. The van der Waals surface area contributed by atoms with Crippen LogP contribution in [-0.4, -0.2) is 43.8 Å². The van der Waals surface area contributed by atoms with Gasteiger partial charge in [0.25, 0.3) is 0 Å². The lowest BCUT2D eigenvalue weighted by Crippen LogP contribution is -2.40. The molecule has 1 saturated heterocycles. The first-order chi connectivity index (χ1) is 13.6. The zero-order valence-electron chi connectivity index (χ0n) is 15.7. The normalized spacial score (nSPS) is 16.9. The van der Waals surface area contributed by atoms with Crippen LogP contribution in [0.5, 0.6) is 0 Å². The number of carbonyl (C=O) groups excluding carboxylic acids is 1. The summed E-state index contributed by atoms with van der Waals surface area (Å²) in [5, 5.41) is 0. The van der Waals surface area contributed by atoms with Gasteiger partial charge >= 0.3 is 0 Å². The summed E-state index contributed by atoms with van der Waals surface area (Å²) >= 11 is 0. The van der Waals surface area contributed by atoms with E-state index in [2.05, 4.69) is 19.9 Å². The molecule has 1 atom stereocenters. The molecule has 3 aromatic rings. The fourth-order valence-electron chi connectivity index (χ4n) is 3.66. The summed E-state index contributed by atoms with van der Waals surface area (Å²) in [4.78, 5) is 31.1. The van der Waals surface area contributed by atoms with Crippen molar-refractivity contribution in [1.82, 2.24) is 24.8 Å². The third kappa shape index (κ3) is 4.08. The van der Waals surface area contributed by atoms with Crippen molar-refractivity contribution >= 4 is 5.91 Å². The summed E-state index contributed by atoms with van der Waals surface area (Å²) in [7, 11) is 0. The van der Waals surface area contributed by atoms with E-state index < -0.39 is 0 Å². The highest BCUT2D eigenvalue weighted by Crippen LogP contribution is 2.28. The lowest BCUT2D eigenvalue weighted by molar-refractivity contribution is -0.131. The molecule has 1 amide bonds. The number of aryl methyl sites for hydroxylation is 1. The molecule has 28 heavy (non-hydrogen) atoms. The molecule has 0 radical (unpaired) electrons. The van der Waals surface area contributed by atoms with Gasteiger partial charge in [-0.1, -0.05) is 12.1 Å². The molecular weight excluding hydrogens is 357 g/mol. The molecule has 0 aliphatic carbocycles. The van der Waals surface area contributed by atoms with E-state index >= 15 is 0 Å². The molecule has 0 spiro atoms. The predicted octanol–water partition coefficient (Wildman–Crippen LogP) is 3.26.